The molecule has 0 radical (unpaired) electrons. The van der Waals surface area contributed by atoms with E-state index >= 15 is 0 Å². The van der Waals surface area contributed by atoms with Crippen molar-refractivity contribution in [2.45, 2.75) is 12.5 Å². The Balaban J connectivity index is 2.16. The summed E-state index contributed by atoms with van der Waals surface area (Å²) in [5.74, 6) is -0.128. The van der Waals surface area contributed by atoms with Gasteiger partial charge in [-0.05, 0) is 25.1 Å². The lowest BCUT2D eigenvalue weighted by molar-refractivity contribution is -0.0668. The van der Waals surface area contributed by atoms with E-state index in [1.807, 2.05) is 0 Å². The third kappa shape index (κ3) is 2.05. The Morgan fingerprint density at radius 1 is 1.56 bits per heavy atom. The van der Waals surface area contributed by atoms with Gasteiger partial charge in [-0.25, -0.2) is 0 Å². The van der Waals surface area contributed by atoms with Gasteiger partial charge in [-0.2, -0.15) is 0 Å². The molecule has 0 atom stereocenters. The first-order chi connectivity index (χ1) is 7.39. The Bertz CT molecular complexity index is 438. The van der Waals surface area contributed by atoms with Gasteiger partial charge in [-0.1, -0.05) is 15.9 Å². The molecule has 0 saturated carbocycles. The normalized spacial score (nSPS) is 18.1. The quantitative estimate of drug-likeness (QED) is 0.763. The second kappa shape index (κ2) is 3.75. The maximum Gasteiger partial charge on any atom is 0.256 e. The van der Waals surface area contributed by atoms with Gasteiger partial charge in [-0.3, -0.25) is 4.79 Å². The number of β-amino-alcohol motifs (C(OH)–C–C–N with tert-alkyl or cyclic N) is 1. The number of rotatable bonds is 1. The molecule has 0 unspecified atom stereocenters. The number of halogens is 1. The number of aliphatic hydroxyl groups is 1. The van der Waals surface area contributed by atoms with E-state index < -0.39 is 5.60 Å². The van der Waals surface area contributed by atoms with Crippen LogP contribution in [0.1, 0.15) is 17.3 Å². The molecule has 4 nitrogen and oxygen atoms in total. The van der Waals surface area contributed by atoms with Crippen molar-refractivity contribution in [3.05, 3.63) is 28.2 Å². The summed E-state index contributed by atoms with van der Waals surface area (Å²) >= 11 is 3.29. The van der Waals surface area contributed by atoms with Crippen LogP contribution in [0.4, 0.5) is 5.69 Å². The van der Waals surface area contributed by atoms with Crippen LogP contribution in [0.5, 0.6) is 0 Å². The second-order valence-corrected chi connectivity index (χ2v) is 5.31. The van der Waals surface area contributed by atoms with Crippen molar-refractivity contribution in [2.24, 2.45) is 0 Å². The molecule has 1 saturated heterocycles. The molecule has 1 heterocycles. The summed E-state index contributed by atoms with van der Waals surface area (Å²) in [6.07, 6.45) is 0. The smallest absolute Gasteiger partial charge is 0.256 e. The molecule has 2 rings (SSSR count). The number of benzene rings is 1. The zero-order valence-corrected chi connectivity index (χ0v) is 10.5. The topological polar surface area (TPSA) is 66.6 Å². The second-order valence-electron chi connectivity index (χ2n) is 4.39. The van der Waals surface area contributed by atoms with Gasteiger partial charge in [0.25, 0.3) is 5.91 Å². The number of carbonyl (C=O) groups is 1. The summed E-state index contributed by atoms with van der Waals surface area (Å²) in [5.41, 5.74) is 5.95. The highest BCUT2D eigenvalue weighted by Crippen LogP contribution is 2.25. The van der Waals surface area contributed by atoms with Gasteiger partial charge < -0.3 is 15.7 Å². The molecule has 1 amide bonds. The van der Waals surface area contributed by atoms with E-state index in [0.717, 1.165) is 4.47 Å². The van der Waals surface area contributed by atoms with Crippen LogP contribution in [0.3, 0.4) is 0 Å². The third-order valence-electron chi connectivity index (χ3n) is 2.59. The summed E-state index contributed by atoms with van der Waals surface area (Å²) in [5, 5.41) is 9.56. The van der Waals surface area contributed by atoms with Gasteiger partial charge in [0.2, 0.25) is 0 Å². The van der Waals surface area contributed by atoms with Crippen LogP contribution >= 0.6 is 15.9 Å². The largest absolute Gasteiger partial charge is 0.398 e. The fourth-order valence-electron chi connectivity index (χ4n) is 1.82. The molecule has 3 N–H and O–H groups in total. The van der Waals surface area contributed by atoms with Crippen molar-refractivity contribution in [1.29, 1.82) is 0 Å². The highest BCUT2D eigenvalue weighted by atomic mass is 79.9. The Hall–Kier alpha value is -1.07. The molecular weight excluding hydrogens is 272 g/mol. The summed E-state index contributed by atoms with van der Waals surface area (Å²) in [6.45, 7) is 2.43. The summed E-state index contributed by atoms with van der Waals surface area (Å²) < 4.78 is 0.845. The van der Waals surface area contributed by atoms with Crippen molar-refractivity contribution in [1.82, 2.24) is 4.90 Å². The molecule has 5 heteroatoms. The average molecular weight is 285 g/mol. The van der Waals surface area contributed by atoms with E-state index in [-0.39, 0.29) is 5.91 Å². The van der Waals surface area contributed by atoms with E-state index in [9.17, 15) is 9.90 Å². The number of anilines is 1. The Labute approximate surface area is 102 Å². The number of likely N-dealkylation sites (tertiary alicyclic amines) is 1. The van der Waals surface area contributed by atoms with Gasteiger partial charge in [-0.15, -0.1) is 0 Å². The zero-order chi connectivity index (χ0) is 11.9. The van der Waals surface area contributed by atoms with Crippen LogP contribution in [-0.2, 0) is 0 Å². The monoisotopic (exact) mass is 284 g/mol. The predicted octanol–water partition coefficient (Wildman–Crippen LogP) is 1.24. The number of amides is 1. The molecule has 1 aromatic carbocycles. The number of nitrogens with zero attached hydrogens (tertiary/aromatic N) is 1. The highest BCUT2D eigenvalue weighted by Gasteiger charge is 2.39. The molecular formula is C11H13BrN2O2. The third-order valence-corrected chi connectivity index (χ3v) is 3.09. The van der Waals surface area contributed by atoms with Crippen molar-refractivity contribution >= 4 is 27.5 Å². The van der Waals surface area contributed by atoms with Gasteiger partial charge in [0.15, 0.2) is 0 Å². The van der Waals surface area contributed by atoms with E-state index in [2.05, 4.69) is 15.9 Å². The van der Waals surface area contributed by atoms with E-state index in [0.29, 0.717) is 24.3 Å². The van der Waals surface area contributed by atoms with Crippen molar-refractivity contribution in [3.63, 3.8) is 0 Å². The molecule has 1 aliphatic heterocycles. The number of hydrogen-bond donors (Lipinski definition) is 2. The van der Waals surface area contributed by atoms with Crippen LogP contribution in [-0.4, -0.2) is 34.6 Å². The first kappa shape index (κ1) is 11.4. The first-order valence-corrected chi connectivity index (χ1v) is 5.75. The van der Waals surface area contributed by atoms with Crippen LogP contribution in [0.2, 0.25) is 0 Å². The molecule has 1 fully saturated rings. The lowest BCUT2D eigenvalue weighted by Crippen LogP contribution is -2.61. The minimum atomic E-state index is -0.750. The first-order valence-electron chi connectivity index (χ1n) is 4.96. The number of nitrogens with two attached hydrogens (primary N) is 1. The average Bonchev–Trinajstić information content (AvgIpc) is 2.13. The molecule has 86 valence electrons. The van der Waals surface area contributed by atoms with Crippen LogP contribution in [0.15, 0.2) is 22.7 Å². The van der Waals surface area contributed by atoms with Crippen LogP contribution in [0.25, 0.3) is 0 Å². The number of carbonyl (C=O) groups excluding carboxylic acids is 1. The van der Waals surface area contributed by atoms with Crippen molar-refractivity contribution in [2.75, 3.05) is 18.8 Å². The minimum absolute atomic E-state index is 0.128. The highest BCUT2D eigenvalue weighted by molar-refractivity contribution is 9.10. The molecule has 0 spiro atoms. The van der Waals surface area contributed by atoms with Crippen LogP contribution < -0.4 is 5.73 Å². The molecule has 0 aromatic heterocycles. The fourth-order valence-corrected chi connectivity index (χ4v) is 2.20. The molecule has 0 bridgehead atoms. The number of nitrogen functional groups attached to an aromatic ring is 1. The van der Waals surface area contributed by atoms with E-state index in [4.69, 9.17) is 5.73 Å². The minimum Gasteiger partial charge on any atom is -0.398 e. The molecule has 1 aliphatic rings. The lowest BCUT2D eigenvalue weighted by Gasteiger charge is -2.44. The lowest BCUT2D eigenvalue weighted by atomic mass is 9.95. The Morgan fingerprint density at radius 3 is 2.69 bits per heavy atom. The Morgan fingerprint density at radius 2 is 2.19 bits per heavy atom. The maximum absolute atomic E-state index is 12.0. The zero-order valence-electron chi connectivity index (χ0n) is 8.90. The summed E-state index contributed by atoms with van der Waals surface area (Å²) in [6, 6.07) is 5.17. The summed E-state index contributed by atoms with van der Waals surface area (Å²) in [7, 11) is 0. The summed E-state index contributed by atoms with van der Waals surface area (Å²) in [4.78, 5) is 13.5. The van der Waals surface area contributed by atoms with Gasteiger partial charge in [0.05, 0.1) is 24.3 Å². The number of hydrogen-bond acceptors (Lipinski definition) is 3. The van der Waals surface area contributed by atoms with Gasteiger partial charge in [0.1, 0.15) is 0 Å². The maximum atomic E-state index is 12.0. The molecule has 16 heavy (non-hydrogen) atoms. The van der Waals surface area contributed by atoms with Crippen molar-refractivity contribution < 1.29 is 9.90 Å². The van der Waals surface area contributed by atoms with Crippen LogP contribution in [0, 0.1) is 0 Å². The fraction of sp³-hybridized carbons (Fsp3) is 0.364. The van der Waals surface area contributed by atoms with Crippen molar-refractivity contribution in [3.8, 4) is 0 Å². The predicted molar refractivity (Wildman–Crippen MR) is 65.1 cm³/mol. The van der Waals surface area contributed by atoms with Gasteiger partial charge >= 0.3 is 0 Å². The molecule has 1 aromatic rings. The Kier molecular flexibility index (Phi) is 2.67. The van der Waals surface area contributed by atoms with Gasteiger partial charge in [0, 0.05) is 10.2 Å². The molecule has 0 aliphatic carbocycles. The standard InChI is InChI=1S/C11H13BrN2O2/c1-11(16)5-14(6-11)10(15)8-3-2-7(12)4-9(8)13/h2-4,16H,5-6,13H2,1H3. The van der Waals surface area contributed by atoms with E-state index in [1.54, 1.807) is 30.0 Å². The van der Waals surface area contributed by atoms with E-state index in [1.165, 1.54) is 0 Å². The SMILES string of the molecule is CC1(O)CN(C(=O)c2ccc(Br)cc2N)C1.